The molecule has 0 saturated carbocycles. The van der Waals surface area contributed by atoms with Crippen LogP contribution in [0.25, 0.3) is 11.4 Å². The van der Waals surface area contributed by atoms with Crippen LogP contribution < -0.4 is 4.98 Å². The SMILES string of the molecule is c1ccc(-c2noc[nH+]2)cc1. The maximum absolute atomic E-state index is 4.66. The summed E-state index contributed by atoms with van der Waals surface area (Å²) in [6.07, 6.45) is 1.45. The summed E-state index contributed by atoms with van der Waals surface area (Å²) in [5.41, 5.74) is 1.03. The smallest absolute Gasteiger partial charge is 0.221 e. The van der Waals surface area contributed by atoms with Crippen LogP contribution in [0.15, 0.2) is 41.2 Å². The van der Waals surface area contributed by atoms with Crippen LogP contribution in [-0.2, 0) is 0 Å². The van der Waals surface area contributed by atoms with Crippen LogP contribution in [0.4, 0.5) is 0 Å². The second-order valence-corrected chi connectivity index (χ2v) is 2.17. The van der Waals surface area contributed by atoms with Crippen molar-refractivity contribution in [1.82, 2.24) is 5.16 Å². The molecule has 1 heterocycles. The Hall–Kier alpha value is -1.64. The van der Waals surface area contributed by atoms with Crippen LogP contribution in [0.1, 0.15) is 0 Å². The Bertz CT molecular complexity index is 315. The summed E-state index contributed by atoms with van der Waals surface area (Å²) in [6.45, 7) is 0. The van der Waals surface area contributed by atoms with Crippen molar-refractivity contribution in [1.29, 1.82) is 0 Å². The molecule has 3 nitrogen and oxygen atoms in total. The Kier molecular flexibility index (Phi) is 1.41. The highest BCUT2D eigenvalue weighted by atomic mass is 16.5. The Balaban J connectivity index is 2.46. The first kappa shape index (κ1) is 6.09. The first-order chi connectivity index (χ1) is 5.47. The quantitative estimate of drug-likeness (QED) is 0.607. The van der Waals surface area contributed by atoms with Crippen molar-refractivity contribution < 1.29 is 9.51 Å². The van der Waals surface area contributed by atoms with Gasteiger partial charge in [0.05, 0.1) is 5.56 Å². The van der Waals surface area contributed by atoms with Gasteiger partial charge in [-0.1, -0.05) is 18.2 Å². The average molecular weight is 147 g/mol. The third kappa shape index (κ3) is 1.12. The highest BCUT2D eigenvalue weighted by molar-refractivity contribution is 5.50. The molecule has 0 atom stereocenters. The molecule has 0 spiro atoms. The lowest BCUT2D eigenvalue weighted by Gasteiger charge is -1.84. The van der Waals surface area contributed by atoms with Gasteiger partial charge in [0, 0.05) is 0 Å². The Morgan fingerprint density at radius 1 is 1.18 bits per heavy atom. The normalized spacial score (nSPS) is 9.82. The molecule has 0 unspecified atom stereocenters. The Morgan fingerprint density at radius 3 is 2.64 bits per heavy atom. The van der Waals surface area contributed by atoms with E-state index in [0.29, 0.717) is 0 Å². The van der Waals surface area contributed by atoms with E-state index < -0.39 is 0 Å². The number of aromatic nitrogens is 2. The molecule has 1 aromatic carbocycles. The van der Waals surface area contributed by atoms with Crippen LogP contribution in [0.5, 0.6) is 0 Å². The van der Waals surface area contributed by atoms with Crippen LogP contribution in [0.3, 0.4) is 0 Å². The van der Waals surface area contributed by atoms with E-state index in [1.165, 1.54) is 6.39 Å². The molecule has 0 amide bonds. The monoisotopic (exact) mass is 147 g/mol. The Labute approximate surface area is 63.7 Å². The van der Waals surface area contributed by atoms with E-state index in [9.17, 15) is 0 Å². The highest BCUT2D eigenvalue weighted by Crippen LogP contribution is 2.09. The maximum Gasteiger partial charge on any atom is 0.377 e. The minimum absolute atomic E-state index is 0.755. The van der Waals surface area contributed by atoms with Gasteiger partial charge in [0.1, 0.15) is 0 Å². The zero-order chi connectivity index (χ0) is 7.52. The first-order valence-corrected chi connectivity index (χ1v) is 3.34. The highest BCUT2D eigenvalue weighted by Gasteiger charge is 2.08. The van der Waals surface area contributed by atoms with Crippen molar-refractivity contribution in [2.75, 3.05) is 0 Å². The lowest BCUT2D eigenvalue weighted by atomic mass is 10.2. The van der Waals surface area contributed by atoms with E-state index in [-0.39, 0.29) is 0 Å². The van der Waals surface area contributed by atoms with Crippen molar-refractivity contribution in [2.45, 2.75) is 0 Å². The summed E-state index contributed by atoms with van der Waals surface area (Å²) in [5, 5.41) is 3.76. The number of hydrogen-bond donors (Lipinski definition) is 0. The number of H-pyrrole nitrogens is 1. The van der Waals surface area contributed by atoms with Crippen molar-refractivity contribution in [2.24, 2.45) is 0 Å². The van der Waals surface area contributed by atoms with Crippen molar-refractivity contribution in [3.8, 4) is 11.4 Å². The van der Waals surface area contributed by atoms with E-state index in [1.807, 2.05) is 30.3 Å². The summed E-state index contributed by atoms with van der Waals surface area (Å²) in [5.74, 6) is 0.755. The standard InChI is InChI=1S/C8H6N2O/c1-2-4-7(5-3-1)8-9-6-11-10-8/h1-6H/p+1. The molecule has 2 rings (SSSR count). The molecule has 3 heteroatoms. The van der Waals surface area contributed by atoms with Gasteiger partial charge in [-0.15, -0.1) is 0 Å². The summed E-state index contributed by atoms with van der Waals surface area (Å²) in [4.78, 5) is 2.88. The molecule has 11 heavy (non-hydrogen) atoms. The van der Waals surface area contributed by atoms with Crippen LogP contribution in [0, 0.1) is 0 Å². The lowest BCUT2D eigenvalue weighted by Crippen LogP contribution is -1.99. The van der Waals surface area contributed by atoms with Crippen molar-refractivity contribution >= 4 is 0 Å². The van der Waals surface area contributed by atoms with Crippen LogP contribution in [-0.4, -0.2) is 5.16 Å². The summed E-state index contributed by atoms with van der Waals surface area (Å²) >= 11 is 0. The number of benzene rings is 1. The molecule has 1 aromatic heterocycles. The summed E-state index contributed by atoms with van der Waals surface area (Å²) < 4.78 is 4.66. The van der Waals surface area contributed by atoms with Gasteiger partial charge in [0.2, 0.25) is 0 Å². The fourth-order valence-corrected chi connectivity index (χ4v) is 0.920. The number of nitrogens with zero attached hydrogens (tertiary/aromatic N) is 1. The second kappa shape index (κ2) is 2.54. The molecule has 0 radical (unpaired) electrons. The molecule has 0 fully saturated rings. The van der Waals surface area contributed by atoms with Gasteiger partial charge in [-0.2, -0.15) is 0 Å². The number of hydrogen-bond acceptors (Lipinski definition) is 2. The summed E-state index contributed by atoms with van der Waals surface area (Å²) in [7, 11) is 0. The molecule has 0 aliphatic heterocycles. The number of nitrogens with one attached hydrogen (secondary N) is 1. The minimum atomic E-state index is 0.755. The van der Waals surface area contributed by atoms with Gasteiger partial charge in [0.15, 0.2) is 5.16 Å². The molecule has 0 saturated heterocycles. The molecule has 1 N–H and O–H groups in total. The van der Waals surface area contributed by atoms with Gasteiger partial charge in [-0.3, -0.25) is 0 Å². The number of aromatic amines is 1. The molecular weight excluding hydrogens is 140 g/mol. The van der Waals surface area contributed by atoms with E-state index in [4.69, 9.17) is 0 Å². The average Bonchev–Trinajstić information content (AvgIpc) is 2.58. The van der Waals surface area contributed by atoms with Gasteiger partial charge >= 0.3 is 12.2 Å². The molecular formula is C8H7N2O+. The Morgan fingerprint density at radius 2 is 2.00 bits per heavy atom. The van der Waals surface area contributed by atoms with E-state index in [2.05, 4.69) is 14.7 Å². The van der Waals surface area contributed by atoms with Crippen molar-refractivity contribution in [3.63, 3.8) is 0 Å². The minimum Gasteiger partial charge on any atom is -0.221 e. The third-order valence-electron chi connectivity index (χ3n) is 1.44. The second-order valence-electron chi connectivity index (χ2n) is 2.17. The lowest BCUT2D eigenvalue weighted by molar-refractivity contribution is -0.371. The van der Waals surface area contributed by atoms with E-state index in [0.717, 1.165) is 11.4 Å². The van der Waals surface area contributed by atoms with Gasteiger partial charge in [-0.25, -0.2) is 9.51 Å². The molecule has 54 valence electrons. The molecule has 0 aliphatic carbocycles. The predicted octanol–water partition coefficient (Wildman–Crippen LogP) is 1.16. The third-order valence-corrected chi connectivity index (χ3v) is 1.44. The summed E-state index contributed by atoms with van der Waals surface area (Å²) in [6, 6.07) is 9.81. The largest absolute Gasteiger partial charge is 0.377 e. The van der Waals surface area contributed by atoms with Gasteiger partial charge < -0.3 is 0 Å². The molecule has 0 aliphatic rings. The maximum atomic E-state index is 4.66. The molecule has 2 aromatic rings. The van der Waals surface area contributed by atoms with E-state index in [1.54, 1.807) is 0 Å². The van der Waals surface area contributed by atoms with Crippen LogP contribution in [0.2, 0.25) is 0 Å². The van der Waals surface area contributed by atoms with E-state index >= 15 is 0 Å². The zero-order valence-corrected chi connectivity index (χ0v) is 5.82. The number of rotatable bonds is 1. The van der Waals surface area contributed by atoms with Gasteiger partial charge in [-0.05, 0) is 12.1 Å². The van der Waals surface area contributed by atoms with Gasteiger partial charge in [0.25, 0.3) is 0 Å². The first-order valence-electron chi connectivity index (χ1n) is 3.34. The zero-order valence-electron chi connectivity index (χ0n) is 5.82. The van der Waals surface area contributed by atoms with Crippen LogP contribution >= 0.6 is 0 Å². The predicted molar refractivity (Wildman–Crippen MR) is 38.5 cm³/mol. The van der Waals surface area contributed by atoms with Crippen molar-refractivity contribution in [3.05, 3.63) is 36.7 Å². The topological polar surface area (TPSA) is 40.2 Å². The fraction of sp³-hybridized carbons (Fsp3) is 0. The molecule has 0 bridgehead atoms. The fourth-order valence-electron chi connectivity index (χ4n) is 0.920.